The van der Waals surface area contributed by atoms with Crippen LogP contribution < -0.4 is 5.73 Å². The number of ether oxygens (including phenoxy) is 1. The second-order valence-electron chi connectivity index (χ2n) is 2.10. The summed E-state index contributed by atoms with van der Waals surface area (Å²) in [6.45, 7) is 0.560. The highest BCUT2D eigenvalue weighted by molar-refractivity contribution is 4.99. The van der Waals surface area contributed by atoms with Gasteiger partial charge in [-0.05, 0) is 0 Å². The highest BCUT2D eigenvalue weighted by Gasteiger charge is 2.10. The Bertz CT molecular complexity index is 114. The van der Waals surface area contributed by atoms with Gasteiger partial charge in [0.25, 0.3) is 0 Å². The van der Waals surface area contributed by atoms with Crippen LogP contribution in [0.4, 0.5) is 0 Å². The molecule has 2 unspecified atom stereocenters. The first-order valence-electron chi connectivity index (χ1n) is 2.99. The fourth-order valence-corrected chi connectivity index (χ4v) is 0.726. The predicted octanol–water partition coefficient (Wildman–Crippen LogP) is -0.739. The van der Waals surface area contributed by atoms with Gasteiger partial charge in [-0.15, -0.1) is 0 Å². The molecule has 9 heavy (non-hydrogen) atoms. The molecule has 0 bridgehead atoms. The Hall–Kier alpha value is -0.380. The van der Waals surface area contributed by atoms with Gasteiger partial charge in [-0.25, -0.2) is 0 Å². The van der Waals surface area contributed by atoms with Gasteiger partial charge in [0.15, 0.2) is 0 Å². The molecule has 0 saturated carbocycles. The molecule has 1 rings (SSSR count). The molecule has 52 valence electrons. The third kappa shape index (κ3) is 1.78. The molecule has 1 aliphatic rings. The molecular formula is C6H11NO2. The van der Waals surface area contributed by atoms with Gasteiger partial charge >= 0.3 is 0 Å². The lowest BCUT2D eigenvalue weighted by Crippen LogP contribution is -2.32. The zero-order valence-electron chi connectivity index (χ0n) is 5.16. The second kappa shape index (κ2) is 2.96. The van der Waals surface area contributed by atoms with Crippen molar-refractivity contribution in [1.82, 2.24) is 0 Å². The molecule has 0 amide bonds. The van der Waals surface area contributed by atoms with Crippen LogP contribution in [0.3, 0.4) is 0 Å². The zero-order valence-corrected chi connectivity index (χ0v) is 5.16. The minimum Gasteiger partial charge on any atom is -0.393 e. The Balaban J connectivity index is 2.38. The molecule has 0 spiro atoms. The normalized spacial score (nSPS) is 34.9. The van der Waals surface area contributed by atoms with Crippen LogP contribution in [0.2, 0.25) is 0 Å². The number of hydrogen-bond donors (Lipinski definition) is 2. The monoisotopic (exact) mass is 129 g/mol. The third-order valence-corrected chi connectivity index (χ3v) is 1.26. The molecule has 0 aliphatic carbocycles. The highest BCUT2D eigenvalue weighted by Crippen LogP contribution is 2.01. The maximum atomic E-state index is 8.56. The standard InChI is InChI=1S/C6H11NO2/c7-5-1-2-6(3-8)9-4-5/h1-2,5-6,8H,3-4,7H2. The van der Waals surface area contributed by atoms with E-state index in [1.165, 1.54) is 0 Å². The number of nitrogens with two attached hydrogens (primary N) is 1. The van der Waals surface area contributed by atoms with E-state index in [1.54, 1.807) is 6.08 Å². The highest BCUT2D eigenvalue weighted by atomic mass is 16.5. The Kier molecular flexibility index (Phi) is 2.22. The van der Waals surface area contributed by atoms with Gasteiger partial charge < -0.3 is 15.6 Å². The summed E-state index contributed by atoms with van der Waals surface area (Å²) in [5, 5.41) is 8.56. The van der Waals surface area contributed by atoms with Crippen molar-refractivity contribution in [2.45, 2.75) is 12.1 Å². The maximum absolute atomic E-state index is 8.56. The molecule has 0 aromatic heterocycles. The Morgan fingerprint density at radius 1 is 1.67 bits per heavy atom. The van der Waals surface area contributed by atoms with Gasteiger partial charge in [0.05, 0.1) is 19.3 Å². The van der Waals surface area contributed by atoms with E-state index < -0.39 is 0 Å². The minimum absolute atomic E-state index is 0.00722. The van der Waals surface area contributed by atoms with E-state index in [0.717, 1.165) is 0 Å². The summed E-state index contributed by atoms with van der Waals surface area (Å²) in [6, 6.07) is 0.00722. The summed E-state index contributed by atoms with van der Waals surface area (Å²) in [4.78, 5) is 0. The van der Waals surface area contributed by atoms with E-state index >= 15 is 0 Å². The molecule has 2 atom stereocenters. The van der Waals surface area contributed by atoms with Gasteiger partial charge in [-0.1, -0.05) is 12.2 Å². The fraction of sp³-hybridized carbons (Fsp3) is 0.667. The van der Waals surface area contributed by atoms with Gasteiger partial charge in [0.1, 0.15) is 0 Å². The van der Waals surface area contributed by atoms with Crippen molar-refractivity contribution in [2.24, 2.45) is 5.73 Å². The SMILES string of the molecule is NC1C=CC(CO)OC1. The molecule has 0 radical (unpaired) electrons. The van der Waals surface area contributed by atoms with Crippen LogP contribution in [-0.4, -0.2) is 30.5 Å². The van der Waals surface area contributed by atoms with Crippen molar-refractivity contribution in [2.75, 3.05) is 13.2 Å². The fourth-order valence-electron chi connectivity index (χ4n) is 0.726. The lowest BCUT2D eigenvalue weighted by molar-refractivity contribution is 0.0323. The van der Waals surface area contributed by atoms with E-state index in [0.29, 0.717) is 6.61 Å². The van der Waals surface area contributed by atoms with Crippen molar-refractivity contribution >= 4 is 0 Å². The van der Waals surface area contributed by atoms with Crippen LogP contribution in [0.15, 0.2) is 12.2 Å². The third-order valence-electron chi connectivity index (χ3n) is 1.26. The average Bonchev–Trinajstić information content (AvgIpc) is 1.90. The predicted molar refractivity (Wildman–Crippen MR) is 33.9 cm³/mol. The first-order valence-corrected chi connectivity index (χ1v) is 2.99. The quantitative estimate of drug-likeness (QED) is 0.458. The van der Waals surface area contributed by atoms with Crippen LogP contribution in [0.5, 0.6) is 0 Å². The largest absolute Gasteiger partial charge is 0.393 e. The molecule has 0 fully saturated rings. The van der Waals surface area contributed by atoms with Crippen LogP contribution in [0.25, 0.3) is 0 Å². The van der Waals surface area contributed by atoms with Crippen LogP contribution in [0.1, 0.15) is 0 Å². The first-order chi connectivity index (χ1) is 4.33. The van der Waals surface area contributed by atoms with Crippen LogP contribution in [0, 0.1) is 0 Å². The van der Waals surface area contributed by atoms with Crippen LogP contribution in [-0.2, 0) is 4.74 Å². The summed E-state index contributed by atoms with van der Waals surface area (Å²) in [7, 11) is 0. The van der Waals surface area contributed by atoms with Crippen molar-refractivity contribution < 1.29 is 9.84 Å². The summed E-state index contributed by atoms with van der Waals surface area (Å²) >= 11 is 0. The van der Waals surface area contributed by atoms with E-state index in [4.69, 9.17) is 15.6 Å². The van der Waals surface area contributed by atoms with Gasteiger partial charge in [-0.2, -0.15) is 0 Å². The Labute approximate surface area is 54.1 Å². The van der Waals surface area contributed by atoms with Crippen molar-refractivity contribution in [3.63, 3.8) is 0 Å². The number of aliphatic hydroxyl groups excluding tert-OH is 1. The number of rotatable bonds is 1. The smallest absolute Gasteiger partial charge is 0.0988 e. The lowest BCUT2D eigenvalue weighted by Gasteiger charge is -2.18. The maximum Gasteiger partial charge on any atom is 0.0988 e. The molecule has 1 heterocycles. The molecular weight excluding hydrogens is 118 g/mol. The molecule has 1 aliphatic heterocycles. The van der Waals surface area contributed by atoms with E-state index in [-0.39, 0.29) is 18.8 Å². The van der Waals surface area contributed by atoms with Crippen LogP contribution >= 0.6 is 0 Å². The van der Waals surface area contributed by atoms with Gasteiger partial charge in [0.2, 0.25) is 0 Å². The minimum atomic E-state index is -0.134. The van der Waals surface area contributed by atoms with Crippen molar-refractivity contribution in [3.05, 3.63) is 12.2 Å². The lowest BCUT2D eigenvalue weighted by atomic mass is 10.2. The topological polar surface area (TPSA) is 55.5 Å². The first kappa shape index (κ1) is 6.74. The average molecular weight is 129 g/mol. The van der Waals surface area contributed by atoms with Crippen molar-refractivity contribution in [1.29, 1.82) is 0 Å². The molecule has 0 aromatic rings. The summed E-state index contributed by atoms with van der Waals surface area (Å²) < 4.78 is 5.08. The van der Waals surface area contributed by atoms with Gasteiger partial charge in [0, 0.05) is 6.04 Å². The van der Waals surface area contributed by atoms with E-state index in [1.807, 2.05) is 6.08 Å². The van der Waals surface area contributed by atoms with E-state index in [2.05, 4.69) is 0 Å². The summed E-state index contributed by atoms with van der Waals surface area (Å²) in [6.07, 6.45) is 3.50. The molecule has 3 nitrogen and oxygen atoms in total. The zero-order chi connectivity index (χ0) is 6.69. The number of aliphatic hydroxyl groups is 1. The molecule has 3 N–H and O–H groups in total. The summed E-state index contributed by atoms with van der Waals surface area (Å²) in [5.41, 5.74) is 5.46. The molecule has 0 saturated heterocycles. The Morgan fingerprint density at radius 2 is 2.44 bits per heavy atom. The van der Waals surface area contributed by atoms with Gasteiger partial charge in [-0.3, -0.25) is 0 Å². The second-order valence-corrected chi connectivity index (χ2v) is 2.10. The Morgan fingerprint density at radius 3 is 2.89 bits per heavy atom. The molecule has 3 heteroatoms. The van der Waals surface area contributed by atoms with E-state index in [9.17, 15) is 0 Å². The van der Waals surface area contributed by atoms with Crippen molar-refractivity contribution in [3.8, 4) is 0 Å². The molecule has 0 aromatic carbocycles. The number of hydrogen-bond acceptors (Lipinski definition) is 3. The summed E-state index contributed by atoms with van der Waals surface area (Å²) in [5.74, 6) is 0.